The molecule has 3 nitrogen and oxygen atoms in total. The number of ketones is 2. The van der Waals surface area contributed by atoms with E-state index >= 15 is 0 Å². The molecule has 0 aromatic heterocycles. The van der Waals surface area contributed by atoms with Crippen LogP contribution in [-0.4, -0.2) is 22.3 Å². The molecule has 0 aliphatic heterocycles. The zero-order valence-electron chi connectivity index (χ0n) is 15.7. The molecular weight excluding hydrogens is 312 g/mol. The van der Waals surface area contributed by atoms with Gasteiger partial charge < -0.3 is 5.11 Å². The maximum Gasteiger partial charge on any atom is 0.161 e. The van der Waals surface area contributed by atoms with E-state index in [9.17, 15) is 14.7 Å². The fourth-order valence-corrected chi connectivity index (χ4v) is 7.16. The molecule has 0 radical (unpaired) electrons. The summed E-state index contributed by atoms with van der Waals surface area (Å²) in [7, 11) is 0. The van der Waals surface area contributed by atoms with Crippen molar-refractivity contribution in [2.75, 3.05) is 0 Å². The van der Waals surface area contributed by atoms with Gasteiger partial charge in [-0.3, -0.25) is 9.59 Å². The molecule has 0 heterocycles. The van der Waals surface area contributed by atoms with Crippen molar-refractivity contribution in [1.29, 1.82) is 0 Å². The number of carbonyl (C=O) groups excluding carboxylic acids is 2. The molecule has 1 N–H and O–H groups in total. The molecule has 0 spiro atoms. The van der Waals surface area contributed by atoms with Gasteiger partial charge in [0.05, 0.1) is 0 Å². The average molecular weight is 342 g/mol. The number of allylic oxidation sites excluding steroid dienone is 2. The van der Waals surface area contributed by atoms with E-state index in [0.717, 1.165) is 37.7 Å². The van der Waals surface area contributed by atoms with Crippen molar-refractivity contribution in [2.45, 2.75) is 71.3 Å². The molecule has 4 rings (SSSR count). The summed E-state index contributed by atoms with van der Waals surface area (Å²) in [6, 6.07) is 0. The summed E-state index contributed by atoms with van der Waals surface area (Å²) in [6.07, 6.45) is 7.77. The summed E-state index contributed by atoms with van der Waals surface area (Å²) >= 11 is 0. The molecule has 0 aromatic rings. The second kappa shape index (κ2) is 5.16. The summed E-state index contributed by atoms with van der Waals surface area (Å²) in [6.45, 7) is 10.3. The Morgan fingerprint density at radius 3 is 2.56 bits per heavy atom. The number of hydrogen-bond donors (Lipinski definition) is 1. The van der Waals surface area contributed by atoms with Gasteiger partial charge >= 0.3 is 0 Å². The molecule has 2 unspecified atom stereocenters. The molecule has 3 heteroatoms. The second-order valence-corrected chi connectivity index (χ2v) is 9.54. The molecule has 0 aromatic carbocycles. The third kappa shape index (κ3) is 2.02. The Bertz CT molecular complexity index is 704. The van der Waals surface area contributed by atoms with Gasteiger partial charge in [-0.1, -0.05) is 26.0 Å². The van der Waals surface area contributed by atoms with Gasteiger partial charge in [-0.25, -0.2) is 0 Å². The fraction of sp³-hybridized carbons (Fsp3) is 0.727. The molecule has 0 saturated heterocycles. The summed E-state index contributed by atoms with van der Waals surface area (Å²) < 4.78 is 0. The predicted octanol–water partition coefficient (Wildman–Crippen LogP) is 4.00. The van der Waals surface area contributed by atoms with E-state index in [2.05, 4.69) is 20.4 Å². The molecule has 3 saturated carbocycles. The first-order valence-corrected chi connectivity index (χ1v) is 9.80. The van der Waals surface area contributed by atoms with Crippen LogP contribution in [0.25, 0.3) is 0 Å². The molecule has 4 aliphatic rings. The summed E-state index contributed by atoms with van der Waals surface area (Å²) in [4.78, 5) is 24.2. The van der Waals surface area contributed by atoms with Gasteiger partial charge in [0.1, 0.15) is 5.60 Å². The minimum atomic E-state index is -1.16. The normalized spacial score (nSPS) is 49.1. The smallest absolute Gasteiger partial charge is 0.161 e. The van der Waals surface area contributed by atoms with Crippen molar-refractivity contribution >= 4 is 11.6 Å². The van der Waals surface area contributed by atoms with E-state index in [1.54, 1.807) is 6.92 Å². The number of Topliss-reactive ketones (excluding diaryl/α,β-unsaturated/α-hetero) is 1. The molecular formula is C22H30O3. The third-order valence-electron chi connectivity index (χ3n) is 8.66. The van der Waals surface area contributed by atoms with Crippen LogP contribution in [-0.2, 0) is 9.59 Å². The molecule has 4 aliphatic carbocycles. The minimum Gasteiger partial charge on any atom is -0.382 e. The van der Waals surface area contributed by atoms with Crippen LogP contribution in [0.2, 0.25) is 0 Å². The molecule has 25 heavy (non-hydrogen) atoms. The van der Waals surface area contributed by atoms with Crippen LogP contribution in [0.3, 0.4) is 0 Å². The van der Waals surface area contributed by atoms with E-state index in [0.29, 0.717) is 30.6 Å². The number of hydrogen-bond acceptors (Lipinski definition) is 3. The summed E-state index contributed by atoms with van der Waals surface area (Å²) in [5, 5.41) is 11.2. The highest BCUT2D eigenvalue weighted by atomic mass is 16.3. The Kier molecular flexibility index (Phi) is 3.55. The van der Waals surface area contributed by atoms with E-state index in [4.69, 9.17) is 0 Å². The van der Waals surface area contributed by atoms with Crippen molar-refractivity contribution in [3.05, 3.63) is 23.8 Å². The molecule has 0 bridgehead atoms. The first kappa shape index (κ1) is 17.2. The second-order valence-electron chi connectivity index (χ2n) is 9.54. The number of rotatable bonds is 1. The van der Waals surface area contributed by atoms with Crippen molar-refractivity contribution in [3.8, 4) is 0 Å². The summed E-state index contributed by atoms with van der Waals surface area (Å²) in [5.74, 6) is 1.54. The van der Waals surface area contributed by atoms with Gasteiger partial charge in [0.25, 0.3) is 0 Å². The zero-order valence-corrected chi connectivity index (χ0v) is 15.7. The monoisotopic (exact) mass is 342 g/mol. The van der Waals surface area contributed by atoms with Crippen molar-refractivity contribution in [3.63, 3.8) is 0 Å². The van der Waals surface area contributed by atoms with Gasteiger partial charge in [-0.05, 0) is 80.3 Å². The molecule has 136 valence electrons. The van der Waals surface area contributed by atoms with Gasteiger partial charge in [0.15, 0.2) is 11.6 Å². The topological polar surface area (TPSA) is 54.4 Å². The van der Waals surface area contributed by atoms with Crippen LogP contribution >= 0.6 is 0 Å². The molecule has 6 atom stereocenters. The quantitative estimate of drug-likeness (QED) is 0.783. The lowest BCUT2D eigenvalue weighted by molar-refractivity contribution is -0.159. The Morgan fingerprint density at radius 2 is 1.88 bits per heavy atom. The minimum absolute atomic E-state index is 0.0339. The van der Waals surface area contributed by atoms with E-state index in [1.165, 1.54) is 5.57 Å². The Labute approximate surface area is 150 Å². The highest BCUT2D eigenvalue weighted by molar-refractivity contribution is 5.92. The highest BCUT2D eigenvalue weighted by Crippen LogP contribution is 2.68. The van der Waals surface area contributed by atoms with Gasteiger partial charge in [-0.2, -0.15) is 0 Å². The van der Waals surface area contributed by atoms with Crippen LogP contribution in [0.15, 0.2) is 23.8 Å². The third-order valence-corrected chi connectivity index (χ3v) is 8.66. The standard InChI is InChI=1S/C22H30O3/c1-13-11-16-17(20(3)8-5-15(24)12-19(13)20)6-9-21(4)18(16)7-10-22(21,25)14(2)23/h12,16-18,25H,1,5-11H2,2-4H3/t16-,17?,18?,20-,21+,22+/m1/s1. The van der Waals surface area contributed by atoms with Crippen LogP contribution in [0, 0.1) is 28.6 Å². The Hall–Kier alpha value is -1.22. The number of carbonyl (C=O) groups is 2. The first-order valence-electron chi connectivity index (χ1n) is 9.80. The van der Waals surface area contributed by atoms with Crippen molar-refractivity contribution < 1.29 is 14.7 Å². The maximum atomic E-state index is 12.3. The van der Waals surface area contributed by atoms with Crippen LogP contribution in [0.5, 0.6) is 0 Å². The maximum absolute atomic E-state index is 12.3. The molecule has 0 amide bonds. The lowest BCUT2D eigenvalue weighted by Crippen LogP contribution is -2.57. The Morgan fingerprint density at radius 1 is 1.20 bits per heavy atom. The van der Waals surface area contributed by atoms with Crippen LogP contribution in [0.1, 0.15) is 65.7 Å². The highest BCUT2D eigenvalue weighted by Gasteiger charge is 2.65. The number of aliphatic hydroxyl groups is 1. The predicted molar refractivity (Wildman–Crippen MR) is 96.9 cm³/mol. The first-order chi connectivity index (χ1) is 11.6. The number of fused-ring (bicyclic) bond motifs is 5. The lowest BCUT2D eigenvalue weighted by atomic mass is 9.45. The van der Waals surface area contributed by atoms with Crippen molar-refractivity contribution in [1.82, 2.24) is 0 Å². The van der Waals surface area contributed by atoms with Gasteiger partial charge in [-0.15, -0.1) is 0 Å². The molecule has 3 fully saturated rings. The van der Waals surface area contributed by atoms with E-state index in [1.807, 2.05) is 6.08 Å². The van der Waals surface area contributed by atoms with Crippen molar-refractivity contribution in [2.24, 2.45) is 28.6 Å². The zero-order chi connectivity index (χ0) is 18.2. The van der Waals surface area contributed by atoms with Crippen LogP contribution in [0.4, 0.5) is 0 Å². The summed E-state index contributed by atoms with van der Waals surface area (Å²) in [5.41, 5.74) is 0.852. The fourth-order valence-electron chi connectivity index (χ4n) is 7.16. The van der Waals surface area contributed by atoms with E-state index < -0.39 is 5.60 Å². The lowest BCUT2D eigenvalue weighted by Gasteiger charge is -2.59. The SMILES string of the molecule is C=C1C[C@@H]2C(CC[C@@]3(C)C2CC[C@]3(O)C(C)=O)[C@@]2(C)CCC(=O)C=C12. The van der Waals surface area contributed by atoms with Gasteiger partial charge in [0, 0.05) is 11.8 Å². The van der Waals surface area contributed by atoms with Crippen LogP contribution < -0.4 is 0 Å². The average Bonchev–Trinajstić information content (AvgIpc) is 2.83. The Balaban J connectivity index is 1.75. The van der Waals surface area contributed by atoms with E-state index in [-0.39, 0.29) is 22.4 Å². The van der Waals surface area contributed by atoms with Gasteiger partial charge in [0.2, 0.25) is 0 Å². The largest absolute Gasteiger partial charge is 0.382 e.